The number of carbonyl (C=O) groups is 1. The third kappa shape index (κ3) is 2.90. The summed E-state index contributed by atoms with van der Waals surface area (Å²) >= 11 is 0. The third-order valence-corrected chi connectivity index (χ3v) is 6.45. The number of carbonyl (C=O) groups excluding carboxylic acids is 1. The van der Waals surface area contributed by atoms with E-state index in [1.54, 1.807) is 0 Å². The van der Waals surface area contributed by atoms with Gasteiger partial charge in [0.2, 0.25) is 5.91 Å². The van der Waals surface area contributed by atoms with Crippen molar-refractivity contribution in [3.63, 3.8) is 0 Å². The van der Waals surface area contributed by atoms with E-state index in [0.717, 1.165) is 45.1 Å². The van der Waals surface area contributed by atoms with Gasteiger partial charge < -0.3 is 20.9 Å². The van der Waals surface area contributed by atoms with E-state index < -0.39 is 5.54 Å². The second-order valence-electron chi connectivity index (χ2n) is 7.95. The fourth-order valence-electron chi connectivity index (χ4n) is 4.83. The molecule has 1 amide bonds. The van der Waals surface area contributed by atoms with Crippen molar-refractivity contribution >= 4 is 18.3 Å². The van der Waals surface area contributed by atoms with Crippen molar-refractivity contribution in [1.29, 1.82) is 0 Å². The summed E-state index contributed by atoms with van der Waals surface area (Å²) in [5.74, 6) is 0.220. The number of fused-ring (bicyclic) bond motifs is 1. The molecular weight excluding hydrogens is 316 g/mol. The highest BCUT2D eigenvalue weighted by Crippen LogP contribution is 2.57. The molecule has 3 fully saturated rings. The number of aliphatic hydroxyl groups excluding tert-OH is 1. The average molecular weight is 347 g/mol. The minimum Gasteiger partial charge on any atom is -0.393 e. The number of hydrogen-bond donors (Lipinski definition) is 3. The minimum atomic E-state index is -0.849. The van der Waals surface area contributed by atoms with E-state index >= 15 is 0 Å². The highest BCUT2D eigenvalue weighted by molar-refractivity contribution is 5.89. The Bertz CT molecular complexity index is 446. The van der Waals surface area contributed by atoms with Crippen molar-refractivity contribution in [1.82, 2.24) is 5.32 Å². The van der Waals surface area contributed by atoms with Gasteiger partial charge in [0.25, 0.3) is 0 Å². The summed E-state index contributed by atoms with van der Waals surface area (Å²) in [5.41, 5.74) is 5.39. The lowest BCUT2D eigenvalue weighted by Gasteiger charge is -2.65. The zero-order valence-electron chi connectivity index (χ0n) is 14.2. The van der Waals surface area contributed by atoms with Gasteiger partial charge in [0.05, 0.1) is 12.2 Å². The van der Waals surface area contributed by atoms with E-state index in [9.17, 15) is 9.90 Å². The van der Waals surface area contributed by atoms with Gasteiger partial charge in [-0.15, -0.1) is 12.4 Å². The molecule has 5 unspecified atom stereocenters. The van der Waals surface area contributed by atoms with Gasteiger partial charge in [-0.2, -0.15) is 0 Å². The van der Waals surface area contributed by atoms with Crippen LogP contribution in [0.3, 0.4) is 0 Å². The number of nitrogens with two attached hydrogens (primary N) is 1. The molecule has 2 saturated carbocycles. The summed E-state index contributed by atoms with van der Waals surface area (Å²) in [6.45, 7) is 5.38. The molecule has 1 saturated heterocycles. The lowest BCUT2D eigenvalue weighted by atomic mass is 9.46. The van der Waals surface area contributed by atoms with Crippen LogP contribution in [0.2, 0.25) is 0 Å². The summed E-state index contributed by atoms with van der Waals surface area (Å²) in [4.78, 5) is 12.8. The van der Waals surface area contributed by atoms with Gasteiger partial charge in [0.15, 0.2) is 0 Å². The molecule has 5 nitrogen and oxygen atoms in total. The first-order valence-electron chi connectivity index (χ1n) is 8.76. The maximum atomic E-state index is 12.8. The Morgan fingerprint density at radius 3 is 2.65 bits per heavy atom. The highest BCUT2D eigenvalue weighted by atomic mass is 35.5. The smallest absolute Gasteiger partial charge is 0.241 e. The lowest BCUT2D eigenvalue weighted by molar-refractivity contribution is -0.225. The van der Waals surface area contributed by atoms with Crippen LogP contribution in [0.15, 0.2) is 0 Å². The van der Waals surface area contributed by atoms with Crippen molar-refractivity contribution in [3.05, 3.63) is 0 Å². The standard InChI is InChI=1S/C17H30N2O3.ClH/c1-16(2)14-12(7-5-9-22-14)17(16,18)15(21)19-10-11-6-3-4-8-13(11)20;/h11-14,20H,3-10,18H2,1-2H3,(H,19,21);1H. The fraction of sp³-hybridized carbons (Fsp3) is 0.941. The second-order valence-corrected chi connectivity index (χ2v) is 7.95. The molecule has 23 heavy (non-hydrogen) atoms. The minimum absolute atomic E-state index is 0. The predicted octanol–water partition coefficient (Wildman–Crippen LogP) is 1.61. The first kappa shape index (κ1) is 19.0. The van der Waals surface area contributed by atoms with Crippen LogP contribution in [-0.2, 0) is 9.53 Å². The van der Waals surface area contributed by atoms with Crippen LogP contribution in [0.25, 0.3) is 0 Å². The number of amides is 1. The molecule has 0 aromatic rings. The summed E-state index contributed by atoms with van der Waals surface area (Å²) in [6.07, 6.45) is 5.79. The predicted molar refractivity (Wildman–Crippen MR) is 91.4 cm³/mol. The molecular formula is C17H31ClN2O3. The van der Waals surface area contributed by atoms with Gasteiger partial charge in [-0.05, 0) is 25.7 Å². The Morgan fingerprint density at radius 1 is 1.26 bits per heavy atom. The van der Waals surface area contributed by atoms with Gasteiger partial charge in [0, 0.05) is 30.4 Å². The Balaban J connectivity index is 0.00000192. The van der Waals surface area contributed by atoms with E-state index in [1.165, 1.54) is 0 Å². The monoisotopic (exact) mass is 346 g/mol. The SMILES string of the molecule is CC1(C)C2OCCCC2C1(N)C(=O)NCC1CCCCC1O.Cl. The second kappa shape index (κ2) is 6.87. The van der Waals surface area contributed by atoms with Crippen molar-refractivity contribution in [2.45, 2.75) is 70.1 Å². The maximum absolute atomic E-state index is 12.8. The summed E-state index contributed by atoms with van der Waals surface area (Å²) in [7, 11) is 0. The first-order chi connectivity index (χ1) is 10.4. The van der Waals surface area contributed by atoms with E-state index in [4.69, 9.17) is 10.5 Å². The van der Waals surface area contributed by atoms with Gasteiger partial charge in [-0.25, -0.2) is 0 Å². The molecule has 0 bridgehead atoms. The zero-order chi connectivity index (χ0) is 16.0. The Labute approximate surface area is 145 Å². The van der Waals surface area contributed by atoms with Crippen LogP contribution in [0.4, 0.5) is 0 Å². The van der Waals surface area contributed by atoms with E-state index in [2.05, 4.69) is 5.32 Å². The van der Waals surface area contributed by atoms with Crippen molar-refractivity contribution in [3.8, 4) is 0 Å². The summed E-state index contributed by atoms with van der Waals surface area (Å²) in [6, 6.07) is 0. The number of hydrogen-bond acceptors (Lipinski definition) is 4. The number of rotatable bonds is 3. The first-order valence-corrected chi connectivity index (χ1v) is 8.76. The molecule has 5 atom stereocenters. The molecule has 3 aliphatic rings. The molecule has 6 heteroatoms. The van der Waals surface area contributed by atoms with Crippen LogP contribution >= 0.6 is 12.4 Å². The van der Waals surface area contributed by atoms with Gasteiger partial charge in [-0.1, -0.05) is 26.7 Å². The van der Waals surface area contributed by atoms with Gasteiger partial charge in [-0.3, -0.25) is 4.79 Å². The molecule has 0 radical (unpaired) electrons. The van der Waals surface area contributed by atoms with Crippen molar-refractivity contribution in [2.24, 2.45) is 23.0 Å². The van der Waals surface area contributed by atoms with E-state index in [0.29, 0.717) is 6.54 Å². The van der Waals surface area contributed by atoms with Gasteiger partial charge in [0.1, 0.15) is 5.54 Å². The van der Waals surface area contributed by atoms with Crippen molar-refractivity contribution < 1.29 is 14.6 Å². The summed E-state index contributed by atoms with van der Waals surface area (Å²) < 4.78 is 5.85. The molecule has 1 heterocycles. The molecule has 1 aliphatic heterocycles. The number of halogens is 1. The number of ether oxygens (including phenoxy) is 1. The largest absolute Gasteiger partial charge is 0.393 e. The average Bonchev–Trinajstić information content (AvgIpc) is 2.53. The molecule has 134 valence electrons. The third-order valence-electron chi connectivity index (χ3n) is 6.45. The van der Waals surface area contributed by atoms with E-state index in [-0.39, 0.29) is 47.8 Å². The fourth-order valence-corrected chi connectivity index (χ4v) is 4.83. The zero-order valence-corrected chi connectivity index (χ0v) is 15.0. The molecule has 0 spiro atoms. The molecule has 4 N–H and O–H groups in total. The Hall–Kier alpha value is -0.360. The van der Waals surface area contributed by atoms with Crippen molar-refractivity contribution in [2.75, 3.05) is 13.2 Å². The van der Waals surface area contributed by atoms with E-state index in [1.807, 2.05) is 13.8 Å². The quantitative estimate of drug-likeness (QED) is 0.724. The Kier molecular flexibility index (Phi) is 5.66. The number of nitrogens with one attached hydrogen (secondary N) is 1. The lowest BCUT2D eigenvalue weighted by Crippen LogP contribution is -2.82. The highest BCUT2D eigenvalue weighted by Gasteiger charge is 2.70. The van der Waals surface area contributed by atoms with Crippen LogP contribution in [-0.4, -0.2) is 41.9 Å². The van der Waals surface area contributed by atoms with Gasteiger partial charge >= 0.3 is 0 Å². The van der Waals surface area contributed by atoms with Crippen LogP contribution < -0.4 is 11.1 Å². The summed E-state index contributed by atoms with van der Waals surface area (Å²) in [5, 5.41) is 13.1. The van der Waals surface area contributed by atoms with Crippen LogP contribution in [0, 0.1) is 17.3 Å². The Morgan fingerprint density at radius 2 is 1.96 bits per heavy atom. The van der Waals surface area contributed by atoms with Crippen LogP contribution in [0.5, 0.6) is 0 Å². The molecule has 2 aliphatic carbocycles. The topological polar surface area (TPSA) is 84.6 Å². The molecule has 3 rings (SSSR count). The molecule has 0 aromatic heterocycles. The molecule has 0 aromatic carbocycles. The number of aliphatic hydroxyl groups is 1. The van der Waals surface area contributed by atoms with Crippen LogP contribution in [0.1, 0.15) is 52.4 Å². The maximum Gasteiger partial charge on any atom is 0.241 e. The normalized spacial score (nSPS) is 41.9.